The molecule has 0 spiro atoms. The fourth-order valence-corrected chi connectivity index (χ4v) is 4.16. The zero-order valence-electron chi connectivity index (χ0n) is 19.4. The van der Waals surface area contributed by atoms with Crippen LogP contribution in [0.4, 0.5) is 0 Å². The lowest BCUT2D eigenvalue weighted by Crippen LogP contribution is -2.44. The van der Waals surface area contributed by atoms with Gasteiger partial charge in [0.2, 0.25) is 0 Å². The summed E-state index contributed by atoms with van der Waals surface area (Å²) in [5, 5.41) is 18.3. The molecule has 4 unspecified atom stereocenters. The third-order valence-corrected chi connectivity index (χ3v) is 6.77. The number of aliphatic carboxylic acids is 1. The second kappa shape index (κ2) is 19.5. The van der Waals surface area contributed by atoms with E-state index in [4.69, 9.17) is 19.3 Å². The number of cyclic esters (lactones) is 2. The van der Waals surface area contributed by atoms with Crippen LogP contribution in [0.15, 0.2) is 0 Å². The van der Waals surface area contributed by atoms with Crippen molar-refractivity contribution < 1.29 is 43.6 Å². The van der Waals surface area contributed by atoms with Gasteiger partial charge in [0.1, 0.15) is 0 Å². The average molecular weight is 547 g/mol. The summed E-state index contributed by atoms with van der Waals surface area (Å²) in [4.78, 5) is 45.2. The molecule has 1 aliphatic heterocycles. The summed E-state index contributed by atoms with van der Waals surface area (Å²) < 4.78 is 14.9. The highest BCUT2D eigenvalue weighted by Gasteiger charge is 2.37. The zero-order valence-corrected chi connectivity index (χ0v) is 22.6. The molecule has 0 aliphatic carbocycles. The van der Waals surface area contributed by atoms with Gasteiger partial charge < -0.3 is 24.4 Å². The highest BCUT2D eigenvalue weighted by molar-refractivity contribution is 7.99. The summed E-state index contributed by atoms with van der Waals surface area (Å²) in [7, 11) is 0. The van der Waals surface area contributed by atoms with E-state index >= 15 is 0 Å². The zero-order chi connectivity index (χ0) is 25.2. The molecule has 0 saturated carbocycles. The number of hydrogen-bond donors (Lipinski definition) is 2. The first-order valence-electron chi connectivity index (χ1n) is 10.2. The van der Waals surface area contributed by atoms with Gasteiger partial charge in [-0.3, -0.25) is 0 Å². The number of hydrogen-bond acceptors (Lipinski definition) is 12. The molecule has 9 nitrogen and oxygen atoms in total. The predicted octanol–water partition coefficient (Wildman–Crippen LogP) is 2.18. The summed E-state index contributed by atoms with van der Waals surface area (Å²) in [6.07, 6.45) is 5.35. The van der Waals surface area contributed by atoms with Gasteiger partial charge in [-0.25, -0.2) is 19.2 Å². The number of aliphatic hydroxyl groups excluding tert-OH is 1. The van der Waals surface area contributed by atoms with E-state index in [0.717, 1.165) is 11.5 Å². The molecule has 2 N–H and O–H groups in total. The summed E-state index contributed by atoms with van der Waals surface area (Å²) in [6.45, 7) is 0. The van der Waals surface area contributed by atoms with Crippen molar-refractivity contribution in [3.63, 3.8) is 0 Å². The van der Waals surface area contributed by atoms with Crippen LogP contribution in [-0.2, 0) is 33.4 Å². The summed E-state index contributed by atoms with van der Waals surface area (Å²) in [5.74, 6) is -0.0637. The average Bonchev–Trinajstić information content (AvgIpc) is 2.79. The molecular formula is C20H34O9S4. The number of carboxylic acid groups (broad SMARTS) is 1. The minimum Gasteiger partial charge on any atom is -0.479 e. The van der Waals surface area contributed by atoms with Gasteiger partial charge in [0.25, 0.3) is 0 Å². The Morgan fingerprint density at radius 2 is 1.27 bits per heavy atom. The van der Waals surface area contributed by atoms with Gasteiger partial charge in [0, 0.05) is 19.3 Å². The van der Waals surface area contributed by atoms with E-state index in [1.54, 1.807) is 23.5 Å². The second-order valence-electron chi connectivity index (χ2n) is 6.76. The van der Waals surface area contributed by atoms with Crippen molar-refractivity contribution in [3.8, 4) is 0 Å². The van der Waals surface area contributed by atoms with Crippen LogP contribution in [-0.4, -0.2) is 107 Å². The lowest BCUT2D eigenvalue weighted by molar-refractivity contribution is -0.195. The molecule has 0 radical (unpaired) electrons. The number of aliphatic hydroxyl groups is 1. The van der Waals surface area contributed by atoms with Crippen LogP contribution in [0.2, 0.25) is 0 Å². The predicted molar refractivity (Wildman–Crippen MR) is 135 cm³/mol. The standard InChI is InChI=1S/C10H18O5S2.C10H16O4S2/c1-16-5-3-7(11)10(14)15-8(9(12)13)4-6-17-2;1-15-5-3-7-9(11)14-8(4-6-16-2)10(12)13-7/h7-8,11H,3-6H2,1-2H3,(H,12,13);7-8H,3-6H2,1-2H3. The Hall–Kier alpha value is -0.760. The van der Waals surface area contributed by atoms with Gasteiger partial charge in [0.15, 0.2) is 24.4 Å². The van der Waals surface area contributed by atoms with E-state index in [9.17, 15) is 24.3 Å². The molecule has 1 fully saturated rings. The van der Waals surface area contributed by atoms with Gasteiger partial charge in [-0.2, -0.15) is 47.0 Å². The third kappa shape index (κ3) is 14.3. The van der Waals surface area contributed by atoms with Crippen LogP contribution in [0.1, 0.15) is 25.7 Å². The largest absolute Gasteiger partial charge is 0.479 e. The molecule has 0 aromatic rings. The van der Waals surface area contributed by atoms with Crippen LogP contribution in [0.5, 0.6) is 0 Å². The van der Waals surface area contributed by atoms with Gasteiger partial charge in [-0.05, 0) is 54.5 Å². The number of ether oxygens (including phenoxy) is 3. The van der Waals surface area contributed by atoms with Crippen molar-refractivity contribution in [1.82, 2.24) is 0 Å². The first-order valence-corrected chi connectivity index (χ1v) is 15.8. The van der Waals surface area contributed by atoms with Gasteiger partial charge in [-0.1, -0.05) is 0 Å². The molecule has 33 heavy (non-hydrogen) atoms. The lowest BCUT2D eigenvalue weighted by atomic mass is 10.2. The summed E-state index contributed by atoms with van der Waals surface area (Å²) in [5.41, 5.74) is 0. The minimum atomic E-state index is -1.24. The minimum absolute atomic E-state index is 0.248. The molecular weight excluding hydrogens is 512 g/mol. The Balaban J connectivity index is 0.000000621. The molecule has 0 bridgehead atoms. The number of carbonyl (C=O) groups is 4. The molecule has 13 heteroatoms. The maximum Gasteiger partial charge on any atom is 0.348 e. The fraction of sp³-hybridized carbons (Fsp3) is 0.800. The molecule has 1 rings (SSSR count). The van der Waals surface area contributed by atoms with Crippen molar-refractivity contribution in [2.24, 2.45) is 0 Å². The topological polar surface area (TPSA) is 136 Å². The van der Waals surface area contributed by atoms with Crippen molar-refractivity contribution in [2.45, 2.75) is 50.1 Å². The van der Waals surface area contributed by atoms with Gasteiger partial charge in [0.05, 0.1) is 0 Å². The molecule has 0 aromatic heterocycles. The van der Waals surface area contributed by atoms with Crippen molar-refractivity contribution in [2.75, 3.05) is 48.0 Å². The molecule has 1 saturated heterocycles. The first-order chi connectivity index (χ1) is 15.7. The Labute approximate surface area is 212 Å². The Bertz CT molecular complexity index is 580. The van der Waals surface area contributed by atoms with Crippen molar-refractivity contribution in [3.05, 3.63) is 0 Å². The molecule has 1 aliphatic rings. The maximum absolute atomic E-state index is 11.5. The van der Waals surface area contributed by atoms with Crippen LogP contribution in [0, 0.1) is 0 Å². The Kier molecular flexibility index (Phi) is 19.1. The highest BCUT2D eigenvalue weighted by atomic mass is 32.2. The smallest absolute Gasteiger partial charge is 0.348 e. The van der Waals surface area contributed by atoms with E-state index in [1.807, 2.05) is 25.0 Å². The lowest BCUT2D eigenvalue weighted by Gasteiger charge is -2.27. The van der Waals surface area contributed by atoms with E-state index in [1.165, 1.54) is 23.5 Å². The van der Waals surface area contributed by atoms with Crippen LogP contribution in [0.3, 0.4) is 0 Å². The number of esters is 3. The first kappa shape index (κ1) is 32.2. The molecule has 0 amide bonds. The van der Waals surface area contributed by atoms with Crippen LogP contribution >= 0.6 is 47.0 Å². The number of carbonyl (C=O) groups excluding carboxylic acids is 3. The third-order valence-electron chi connectivity index (χ3n) is 4.20. The van der Waals surface area contributed by atoms with E-state index < -0.39 is 48.3 Å². The summed E-state index contributed by atoms with van der Waals surface area (Å²) in [6, 6.07) is 0. The van der Waals surface area contributed by atoms with Crippen molar-refractivity contribution >= 4 is 70.9 Å². The van der Waals surface area contributed by atoms with Gasteiger partial charge in [-0.15, -0.1) is 0 Å². The second-order valence-corrected chi connectivity index (χ2v) is 10.7. The van der Waals surface area contributed by atoms with Crippen LogP contribution in [0.25, 0.3) is 0 Å². The van der Waals surface area contributed by atoms with Gasteiger partial charge >= 0.3 is 23.9 Å². The highest BCUT2D eigenvalue weighted by Crippen LogP contribution is 2.18. The molecule has 1 heterocycles. The number of thioether (sulfide) groups is 4. The van der Waals surface area contributed by atoms with E-state index in [-0.39, 0.29) is 12.8 Å². The van der Waals surface area contributed by atoms with E-state index in [0.29, 0.717) is 24.3 Å². The monoisotopic (exact) mass is 546 g/mol. The maximum atomic E-state index is 11.5. The quantitative estimate of drug-likeness (QED) is 0.229. The fourth-order valence-electron chi connectivity index (χ4n) is 2.36. The van der Waals surface area contributed by atoms with Crippen molar-refractivity contribution in [1.29, 1.82) is 0 Å². The molecule has 4 atom stereocenters. The normalized spacial score (nSPS) is 19.4. The SMILES string of the molecule is CSCCC(O)C(=O)OC(CCSC)C(=O)O.CSCCC1OC(=O)C(CCSC)OC1=O. The Morgan fingerprint density at radius 3 is 1.67 bits per heavy atom. The summed E-state index contributed by atoms with van der Waals surface area (Å²) >= 11 is 6.20. The molecule has 192 valence electrons. The Morgan fingerprint density at radius 1 is 0.848 bits per heavy atom. The molecule has 0 aromatic carbocycles. The van der Waals surface area contributed by atoms with Crippen LogP contribution < -0.4 is 0 Å². The number of carboxylic acids is 1. The van der Waals surface area contributed by atoms with E-state index in [2.05, 4.69) is 0 Å². The number of rotatable bonds is 15.